The summed E-state index contributed by atoms with van der Waals surface area (Å²) >= 11 is 0. The van der Waals surface area contributed by atoms with Crippen LogP contribution in [0.15, 0.2) is 5.10 Å². The Balaban J connectivity index is 2.18. The highest BCUT2D eigenvalue weighted by atomic mass is 15.5. The highest BCUT2D eigenvalue weighted by Crippen LogP contribution is 2.06. The zero-order valence-electron chi connectivity index (χ0n) is 6.01. The molecule has 0 spiro atoms. The molecular weight excluding hydrogens is 112 g/mol. The van der Waals surface area contributed by atoms with Gasteiger partial charge in [0.05, 0.1) is 0 Å². The standard InChI is InChI=1S/C7H14N2/c1-2-5-8-9-6-3-4-7-9/h5H,2-4,6-7H2,1H3. The third-order valence-corrected chi connectivity index (χ3v) is 1.51. The fourth-order valence-corrected chi connectivity index (χ4v) is 1.01. The summed E-state index contributed by atoms with van der Waals surface area (Å²) in [4.78, 5) is 0. The van der Waals surface area contributed by atoms with Gasteiger partial charge in [-0.2, -0.15) is 5.10 Å². The maximum Gasteiger partial charge on any atom is 0.0360 e. The van der Waals surface area contributed by atoms with Crippen molar-refractivity contribution in [2.24, 2.45) is 5.10 Å². The van der Waals surface area contributed by atoms with Crippen LogP contribution in [0.25, 0.3) is 0 Å². The zero-order chi connectivity index (χ0) is 6.53. The molecular formula is C7H14N2. The van der Waals surface area contributed by atoms with Crippen LogP contribution in [0.5, 0.6) is 0 Å². The first-order valence-corrected chi connectivity index (χ1v) is 3.71. The van der Waals surface area contributed by atoms with Crippen LogP contribution in [0.3, 0.4) is 0 Å². The molecule has 0 saturated carbocycles. The van der Waals surface area contributed by atoms with E-state index >= 15 is 0 Å². The van der Waals surface area contributed by atoms with Crippen molar-refractivity contribution in [2.75, 3.05) is 13.1 Å². The molecule has 52 valence electrons. The summed E-state index contributed by atoms with van der Waals surface area (Å²) < 4.78 is 0. The fraction of sp³-hybridized carbons (Fsp3) is 0.857. The molecule has 0 aliphatic carbocycles. The lowest BCUT2D eigenvalue weighted by molar-refractivity contribution is 0.361. The molecule has 1 saturated heterocycles. The molecule has 0 aromatic rings. The Morgan fingerprint density at radius 2 is 2.11 bits per heavy atom. The molecule has 2 nitrogen and oxygen atoms in total. The van der Waals surface area contributed by atoms with E-state index in [-0.39, 0.29) is 0 Å². The van der Waals surface area contributed by atoms with Gasteiger partial charge >= 0.3 is 0 Å². The highest BCUT2D eigenvalue weighted by molar-refractivity contribution is 5.56. The topological polar surface area (TPSA) is 15.6 Å². The Morgan fingerprint density at radius 3 is 2.67 bits per heavy atom. The minimum atomic E-state index is 1.05. The van der Waals surface area contributed by atoms with Gasteiger partial charge < -0.3 is 0 Å². The van der Waals surface area contributed by atoms with Crippen LogP contribution in [-0.4, -0.2) is 24.3 Å². The lowest BCUT2D eigenvalue weighted by Crippen LogP contribution is -2.10. The fourth-order valence-electron chi connectivity index (χ4n) is 1.01. The molecule has 0 bridgehead atoms. The largest absolute Gasteiger partial charge is 0.297 e. The van der Waals surface area contributed by atoms with Crippen LogP contribution < -0.4 is 0 Å². The second-order valence-corrected chi connectivity index (χ2v) is 2.37. The Kier molecular flexibility index (Phi) is 2.55. The van der Waals surface area contributed by atoms with Gasteiger partial charge in [0.1, 0.15) is 0 Å². The molecule has 0 aromatic carbocycles. The van der Waals surface area contributed by atoms with E-state index < -0.39 is 0 Å². The second kappa shape index (κ2) is 3.49. The van der Waals surface area contributed by atoms with Gasteiger partial charge in [-0.3, -0.25) is 5.01 Å². The van der Waals surface area contributed by atoms with Crippen LogP contribution in [0.1, 0.15) is 26.2 Å². The number of rotatable bonds is 2. The Labute approximate surface area is 56.5 Å². The first-order valence-electron chi connectivity index (χ1n) is 3.71. The van der Waals surface area contributed by atoms with Gasteiger partial charge in [0.15, 0.2) is 0 Å². The summed E-state index contributed by atoms with van der Waals surface area (Å²) in [5, 5.41) is 6.39. The van der Waals surface area contributed by atoms with E-state index in [4.69, 9.17) is 0 Å². The third-order valence-electron chi connectivity index (χ3n) is 1.51. The maximum atomic E-state index is 4.25. The molecule has 0 radical (unpaired) electrons. The molecule has 2 heteroatoms. The number of hydrogen-bond donors (Lipinski definition) is 0. The summed E-state index contributed by atoms with van der Waals surface area (Å²) in [5.41, 5.74) is 0. The summed E-state index contributed by atoms with van der Waals surface area (Å²) in [6, 6.07) is 0. The molecule has 0 N–H and O–H groups in total. The van der Waals surface area contributed by atoms with Crippen molar-refractivity contribution < 1.29 is 0 Å². The number of nitrogens with zero attached hydrogens (tertiary/aromatic N) is 2. The zero-order valence-corrected chi connectivity index (χ0v) is 6.01. The van der Waals surface area contributed by atoms with Gasteiger partial charge in [-0.15, -0.1) is 0 Å². The molecule has 9 heavy (non-hydrogen) atoms. The Morgan fingerprint density at radius 1 is 1.44 bits per heavy atom. The summed E-state index contributed by atoms with van der Waals surface area (Å²) in [7, 11) is 0. The molecule has 1 aliphatic rings. The van der Waals surface area contributed by atoms with E-state index in [1.165, 1.54) is 12.8 Å². The maximum absolute atomic E-state index is 4.25. The van der Waals surface area contributed by atoms with Crippen LogP contribution >= 0.6 is 0 Å². The number of hydrazone groups is 1. The first-order chi connectivity index (χ1) is 4.43. The smallest absolute Gasteiger partial charge is 0.0360 e. The molecule has 0 aromatic heterocycles. The predicted octanol–water partition coefficient (Wildman–Crippen LogP) is 1.48. The lowest BCUT2D eigenvalue weighted by Gasteiger charge is -2.07. The number of hydrogen-bond acceptors (Lipinski definition) is 2. The Hall–Kier alpha value is -0.530. The second-order valence-electron chi connectivity index (χ2n) is 2.37. The average Bonchev–Trinajstić information content (AvgIpc) is 2.34. The van der Waals surface area contributed by atoms with E-state index in [0.717, 1.165) is 19.5 Å². The quantitative estimate of drug-likeness (QED) is 0.512. The molecule has 1 aliphatic heterocycles. The summed E-state index contributed by atoms with van der Waals surface area (Å²) in [6.07, 6.45) is 5.67. The van der Waals surface area contributed by atoms with Gasteiger partial charge in [-0.25, -0.2) is 0 Å². The normalized spacial score (nSPS) is 19.9. The average molecular weight is 126 g/mol. The van der Waals surface area contributed by atoms with Crippen LogP contribution in [0, 0.1) is 0 Å². The van der Waals surface area contributed by atoms with Gasteiger partial charge in [-0.05, 0) is 19.3 Å². The monoisotopic (exact) mass is 126 g/mol. The highest BCUT2D eigenvalue weighted by Gasteiger charge is 2.06. The van der Waals surface area contributed by atoms with E-state index in [9.17, 15) is 0 Å². The minimum Gasteiger partial charge on any atom is -0.297 e. The van der Waals surface area contributed by atoms with Crippen LogP contribution in [0.2, 0.25) is 0 Å². The van der Waals surface area contributed by atoms with Gasteiger partial charge in [0.25, 0.3) is 0 Å². The van der Waals surface area contributed by atoms with E-state index in [1.54, 1.807) is 0 Å². The van der Waals surface area contributed by atoms with Crippen molar-refractivity contribution in [3.05, 3.63) is 0 Å². The minimum absolute atomic E-state index is 1.05. The van der Waals surface area contributed by atoms with Crippen molar-refractivity contribution in [3.63, 3.8) is 0 Å². The first kappa shape index (κ1) is 6.59. The molecule has 1 fully saturated rings. The van der Waals surface area contributed by atoms with Crippen molar-refractivity contribution >= 4 is 6.21 Å². The van der Waals surface area contributed by atoms with E-state index in [2.05, 4.69) is 17.0 Å². The van der Waals surface area contributed by atoms with Crippen LogP contribution in [0.4, 0.5) is 0 Å². The molecule has 0 unspecified atom stereocenters. The summed E-state index contributed by atoms with van der Waals surface area (Å²) in [5.74, 6) is 0. The molecule has 1 heterocycles. The van der Waals surface area contributed by atoms with Gasteiger partial charge in [-0.1, -0.05) is 6.92 Å². The van der Waals surface area contributed by atoms with Crippen molar-refractivity contribution in [1.82, 2.24) is 5.01 Å². The lowest BCUT2D eigenvalue weighted by atomic mass is 10.4. The van der Waals surface area contributed by atoms with Crippen LogP contribution in [-0.2, 0) is 0 Å². The third kappa shape index (κ3) is 2.04. The van der Waals surface area contributed by atoms with E-state index in [1.807, 2.05) is 6.21 Å². The molecule has 0 amide bonds. The Bertz CT molecular complexity index is 93.1. The van der Waals surface area contributed by atoms with Crippen molar-refractivity contribution in [2.45, 2.75) is 26.2 Å². The van der Waals surface area contributed by atoms with Gasteiger partial charge in [0.2, 0.25) is 0 Å². The summed E-state index contributed by atoms with van der Waals surface area (Å²) in [6.45, 7) is 4.44. The van der Waals surface area contributed by atoms with E-state index in [0.29, 0.717) is 0 Å². The molecule has 1 rings (SSSR count). The van der Waals surface area contributed by atoms with Crippen molar-refractivity contribution in [3.8, 4) is 0 Å². The molecule has 0 atom stereocenters. The SMILES string of the molecule is CCC=NN1CCCC1. The van der Waals surface area contributed by atoms with Crippen molar-refractivity contribution in [1.29, 1.82) is 0 Å². The predicted molar refractivity (Wildman–Crippen MR) is 39.6 cm³/mol. The van der Waals surface area contributed by atoms with Gasteiger partial charge in [0, 0.05) is 19.3 Å².